The summed E-state index contributed by atoms with van der Waals surface area (Å²) < 4.78 is 0. The number of piperidine rings is 1. The molecule has 0 aliphatic carbocycles. The normalized spacial score (nSPS) is 19.9. The molecule has 0 unspecified atom stereocenters. The molecule has 3 N–H and O–H groups in total. The fraction of sp³-hybridized carbons (Fsp3) is 0.389. The molecule has 1 aromatic carbocycles. The molecule has 2 aliphatic rings. The van der Waals surface area contributed by atoms with Crippen LogP contribution in [0.1, 0.15) is 47.1 Å². The molecule has 0 radical (unpaired) electrons. The number of aromatic amines is 1. The summed E-state index contributed by atoms with van der Waals surface area (Å²) in [7, 11) is 0. The van der Waals surface area contributed by atoms with Gasteiger partial charge in [0.1, 0.15) is 5.82 Å². The lowest BCUT2D eigenvalue weighted by Gasteiger charge is -2.34. The highest BCUT2D eigenvalue weighted by Crippen LogP contribution is 2.29. The number of urea groups is 1. The lowest BCUT2D eigenvalue weighted by Crippen LogP contribution is -2.41. The van der Waals surface area contributed by atoms with Crippen molar-refractivity contribution in [3.63, 3.8) is 0 Å². The molecular formula is C18H21N5O2. The first-order chi connectivity index (χ1) is 12.2. The van der Waals surface area contributed by atoms with Crippen LogP contribution in [0.25, 0.3) is 0 Å². The number of anilines is 1. The van der Waals surface area contributed by atoms with E-state index in [9.17, 15) is 9.59 Å². The number of benzene rings is 1. The molecule has 2 aliphatic heterocycles. The van der Waals surface area contributed by atoms with Crippen LogP contribution in [0, 0.1) is 0 Å². The smallest absolute Gasteiger partial charge is 0.322 e. The van der Waals surface area contributed by atoms with Crippen LogP contribution in [0.4, 0.5) is 10.5 Å². The van der Waals surface area contributed by atoms with Gasteiger partial charge in [-0.2, -0.15) is 0 Å². The standard InChI is InChI=1S/C18H21N5O2/c24-17-14-11-13(5-4-12(14)6-7-21-17)22-18(25)23-10-2-1-3-15(23)16-19-8-9-20-16/h4-5,8-9,11,15H,1-3,6-7,10H2,(H,19,20)(H,21,24)(H,22,25)/t15-/m0/s1. The number of nitrogens with zero attached hydrogens (tertiary/aromatic N) is 2. The summed E-state index contributed by atoms with van der Waals surface area (Å²) in [6, 6.07) is 5.35. The molecule has 1 saturated heterocycles. The van der Waals surface area contributed by atoms with E-state index in [1.807, 2.05) is 17.0 Å². The minimum absolute atomic E-state index is 0.0373. The molecule has 1 fully saturated rings. The minimum Gasteiger partial charge on any atom is -0.352 e. The highest BCUT2D eigenvalue weighted by molar-refractivity contribution is 5.99. The van der Waals surface area contributed by atoms with Crippen molar-refractivity contribution in [2.75, 3.05) is 18.4 Å². The third-order valence-corrected chi connectivity index (χ3v) is 4.88. The van der Waals surface area contributed by atoms with Crippen LogP contribution < -0.4 is 10.6 Å². The Bertz CT molecular complexity index is 787. The van der Waals surface area contributed by atoms with Crippen molar-refractivity contribution >= 4 is 17.6 Å². The first-order valence-corrected chi connectivity index (χ1v) is 8.70. The SMILES string of the molecule is O=C1NCCc2ccc(NC(=O)N3CCCC[C@H]3c3ncc[nH]3)cc21. The van der Waals surface area contributed by atoms with Gasteiger partial charge >= 0.3 is 6.03 Å². The Morgan fingerprint density at radius 1 is 1.32 bits per heavy atom. The second-order valence-corrected chi connectivity index (χ2v) is 6.49. The molecule has 0 spiro atoms. The van der Waals surface area contributed by atoms with Gasteiger partial charge < -0.3 is 20.5 Å². The van der Waals surface area contributed by atoms with E-state index in [-0.39, 0.29) is 18.0 Å². The predicted octanol–water partition coefficient (Wildman–Crippen LogP) is 2.45. The Hall–Kier alpha value is -2.83. The van der Waals surface area contributed by atoms with Gasteiger partial charge in [-0.3, -0.25) is 4.79 Å². The maximum Gasteiger partial charge on any atom is 0.322 e. The third-order valence-electron chi connectivity index (χ3n) is 4.88. The number of carbonyl (C=O) groups is 2. The van der Waals surface area contributed by atoms with Crippen LogP contribution in [0.2, 0.25) is 0 Å². The Morgan fingerprint density at radius 2 is 2.24 bits per heavy atom. The van der Waals surface area contributed by atoms with Crippen LogP contribution in [0.15, 0.2) is 30.6 Å². The topological polar surface area (TPSA) is 90.1 Å². The molecule has 3 heterocycles. The summed E-state index contributed by atoms with van der Waals surface area (Å²) in [6.45, 7) is 1.36. The number of carbonyl (C=O) groups excluding carboxylic acids is 2. The Balaban J connectivity index is 1.53. The Labute approximate surface area is 145 Å². The van der Waals surface area contributed by atoms with Crippen molar-refractivity contribution in [1.29, 1.82) is 0 Å². The molecule has 3 amide bonds. The first kappa shape index (κ1) is 15.7. The summed E-state index contributed by atoms with van der Waals surface area (Å²) >= 11 is 0. The van der Waals surface area contributed by atoms with Crippen LogP contribution in [-0.4, -0.2) is 39.9 Å². The highest BCUT2D eigenvalue weighted by atomic mass is 16.2. The zero-order valence-electron chi connectivity index (χ0n) is 13.9. The van der Waals surface area contributed by atoms with E-state index in [2.05, 4.69) is 20.6 Å². The summed E-state index contributed by atoms with van der Waals surface area (Å²) in [5, 5.41) is 5.77. The molecule has 0 bridgehead atoms. The van der Waals surface area contributed by atoms with Gasteiger partial charge in [0.15, 0.2) is 0 Å². The Kier molecular flexibility index (Phi) is 4.13. The van der Waals surface area contributed by atoms with Gasteiger partial charge in [0, 0.05) is 36.7 Å². The number of aromatic nitrogens is 2. The molecule has 1 atom stereocenters. The molecule has 7 nitrogen and oxygen atoms in total. The van der Waals surface area contributed by atoms with Gasteiger partial charge in [-0.05, 0) is 43.4 Å². The molecule has 2 aromatic rings. The molecule has 1 aromatic heterocycles. The number of imidazole rings is 1. The van der Waals surface area contributed by atoms with Gasteiger partial charge in [0.05, 0.1) is 6.04 Å². The van der Waals surface area contributed by atoms with Gasteiger partial charge in [0.25, 0.3) is 5.91 Å². The van der Waals surface area contributed by atoms with Gasteiger partial charge in [-0.25, -0.2) is 9.78 Å². The van der Waals surface area contributed by atoms with Crippen LogP contribution in [0.3, 0.4) is 0 Å². The van der Waals surface area contributed by atoms with E-state index in [1.165, 1.54) is 0 Å². The van der Waals surface area contributed by atoms with Crippen molar-refractivity contribution in [2.24, 2.45) is 0 Å². The quantitative estimate of drug-likeness (QED) is 0.785. The van der Waals surface area contributed by atoms with Gasteiger partial charge in [-0.1, -0.05) is 6.07 Å². The zero-order valence-corrected chi connectivity index (χ0v) is 13.9. The maximum atomic E-state index is 12.8. The van der Waals surface area contributed by atoms with E-state index >= 15 is 0 Å². The highest BCUT2D eigenvalue weighted by Gasteiger charge is 2.30. The lowest BCUT2D eigenvalue weighted by atomic mass is 9.99. The number of rotatable bonds is 2. The fourth-order valence-electron chi connectivity index (χ4n) is 3.60. The summed E-state index contributed by atoms with van der Waals surface area (Å²) in [5.41, 5.74) is 2.31. The summed E-state index contributed by atoms with van der Waals surface area (Å²) in [4.78, 5) is 34.0. The molecular weight excluding hydrogens is 318 g/mol. The summed E-state index contributed by atoms with van der Waals surface area (Å²) in [6.07, 6.45) is 7.27. The van der Waals surface area contributed by atoms with Crippen LogP contribution in [0.5, 0.6) is 0 Å². The van der Waals surface area contributed by atoms with Crippen molar-refractivity contribution in [1.82, 2.24) is 20.2 Å². The van der Waals surface area contributed by atoms with E-state index < -0.39 is 0 Å². The molecule has 4 rings (SSSR count). The molecule has 130 valence electrons. The Morgan fingerprint density at radius 3 is 3.08 bits per heavy atom. The zero-order chi connectivity index (χ0) is 17.2. The number of hydrogen-bond acceptors (Lipinski definition) is 3. The van der Waals surface area contributed by atoms with E-state index in [0.717, 1.165) is 37.1 Å². The molecule has 0 saturated carbocycles. The molecule has 25 heavy (non-hydrogen) atoms. The fourth-order valence-corrected chi connectivity index (χ4v) is 3.60. The van der Waals surface area contributed by atoms with Crippen LogP contribution >= 0.6 is 0 Å². The lowest BCUT2D eigenvalue weighted by molar-refractivity contribution is 0.0946. The van der Waals surface area contributed by atoms with E-state index in [4.69, 9.17) is 0 Å². The van der Waals surface area contributed by atoms with Crippen molar-refractivity contribution in [3.05, 3.63) is 47.5 Å². The molecule has 7 heteroatoms. The number of H-pyrrole nitrogens is 1. The van der Waals surface area contributed by atoms with Crippen molar-refractivity contribution < 1.29 is 9.59 Å². The second-order valence-electron chi connectivity index (χ2n) is 6.49. The maximum absolute atomic E-state index is 12.8. The van der Waals surface area contributed by atoms with Gasteiger partial charge in [0.2, 0.25) is 0 Å². The van der Waals surface area contributed by atoms with Crippen LogP contribution in [-0.2, 0) is 6.42 Å². The second kappa shape index (κ2) is 6.58. The average molecular weight is 339 g/mol. The minimum atomic E-state index is -0.155. The summed E-state index contributed by atoms with van der Waals surface area (Å²) in [5.74, 6) is 0.739. The third kappa shape index (κ3) is 3.09. The van der Waals surface area contributed by atoms with E-state index in [0.29, 0.717) is 24.3 Å². The largest absolute Gasteiger partial charge is 0.352 e. The number of likely N-dealkylation sites (tertiary alicyclic amines) is 1. The monoisotopic (exact) mass is 339 g/mol. The van der Waals surface area contributed by atoms with E-state index in [1.54, 1.807) is 18.5 Å². The van der Waals surface area contributed by atoms with Crippen molar-refractivity contribution in [3.8, 4) is 0 Å². The first-order valence-electron chi connectivity index (χ1n) is 8.70. The number of hydrogen-bond donors (Lipinski definition) is 3. The number of amides is 3. The predicted molar refractivity (Wildman–Crippen MR) is 93.4 cm³/mol. The average Bonchev–Trinajstić information content (AvgIpc) is 3.17. The number of nitrogens with one attached hydrogen (secondary N) is 3. The number of fused-ring (bicyclic) bond motifs is 1. The van der Waals surface area contributed by atoms with Gasteiger partial charge in [-0.15, -0.1) is 0 Å². The van der Waals surface area contributed by atoms with Crippen molar-refractivity contribution in [2.45, 2.75) is 31.7 Å².